The fourth-order valence-corrected chi connectivity index (χ4v) is 4.22. The van der Waals surface area contributed by atoms with E-state index in [-0.39, 0.29) is 18.1 Å². The average molecular weight is 512 g/mol. The summed E-state index contributed by atoms with van der Waals surface area (Å²) in [6, 6.07) is 24.2. The first-order chi connectivity index (χ1) is 16.4. The number of hydrogen-bond acceptors (Lipinski definition) is 3. The Bertz CT molecular complexity index is 1310. The second-order valence-electron chi connectivity index (χ2n) is 7.72. The first-order valence-corrected chi connectivity index (χ1v) is 11.7. The van der Waals surface area contributed by atoms with Crippen molar-refractivity contribution in [3.63, 3.8) is 0 Å². The zero-order chi connectivity index (χ0) is 24.1. The fourth-order valence-electron chi connectivity index (χ4n) is 3.59. The molecule has 0 spiro atoms. The SMILES string of the molecule is NC(=O)c1cc(-c2ccc(Cl)cc2)c(CCc2ccc(Cl)cc2Cl)nc1OCc1ccccc1. The van der Waals surface area contributed by atoms with Gasteiger partial charge in [-0.15, -0.1) is 0 Å². The summed E-state index contributed by atoms with van der Waals surface area (Å²) < 4.78 is 5.95. The molecular weight excluding hydrogens is 491 g/mol. The molecule has 7 heteroatoms. The van der Waals surface area contributed by atoms with Gasteiger partial charge >= 0.3 is 0 Å². The number of hydrogen-bond donors (Lipinski definition) is 1. The van der Waals surface area contributed by atoms with Crippen molar-refractivity contribution in [1.82, 2.24) is 4.98 Å². The molecule has 4 aromatic rings. The highest BCUT2D eigenvalue weighted by molar-refractivity contribution is 6.35. The maximum Gasteiger partial charge on any atom is 0.254 e. The lowest BCUT2D eigenvalue weighted by molar-refractivity contribution is 0.0995. The summed E-state index contributed by atoms with van der Waals surface area (Å²) in [5.74, 6) is -0.413. The number of pyridine rings is 1. The molecule has 0 saturated heterocycles. The van der Waals surface area contributed by atoms with Crippen LogP contribution in [0.1, 0.15) is 27.2 Å². The largest absolute Gasteiger partial charge is 0.472 e. The van der Waals surface area contributed by atoms with E-state index in [9.17, 15) is 4.79 Å². The maximum atomic E-state index is 12.3. The molecule has 1 amide bonds. The summed E-state index contributed by atoms with van der Waals surface area (Å²) in [6.45, 7) is 0.261. The Balaban J connectivity index is 1.73. The average Bonchev–Trinajstić information content (AvgIpc) is 2.83. The smallest absolute Gasteiger partial charge is 0.254 e. The molecule has 0 bridgehead atoms. The Hall–Kier alpha value is -3.05. The topological polar surface area (TPSA) is 65.2 Å². The van der Waals surface area contributed by atoms with Gasteiger partial charge in [-0.3, -0.25) is 4.79 Å². The lowest BCUT2D eigenvalue weighted by Crippen LogP contribution is -2.16. The van der Waals surface area contributed by atoms with Gasteiger partial charge in [-0.05, 0) is 59.9 Å². The van der Waals surface area contributed by atoms with Crippen molar-refractivity contribution in [3.8, 4) is 17.0 Å². The third-order valence-corrected chi connectivity index (χ3v) is 6.19. The van der Waals surface area contributed by atoms with E-state index in [0.717, 1.165) is 27.9 Å². The van der Waals surface area contributed by atoms with Gasteiger partial charge in [0.2, 0.25) is 5.88 Å². The molecule has 2 N–H and O–H groups in total. The van der Waals surface area contributed by atoms with Crippen LogP contribution in [0.5, 0.6) is 5.88 Å². The van der Waals surface area contributed by atoms with E-state index in [1.54, 1.807) is 30.3 Å². The van der Waals surface area contributed by atoms with Crippen LogP contribution in [0.25, 0.3) is 11.1 Å². The second-order valence-corrected chi connectivity index (χ2v) is 9.00. The third-order valence-electron chi connectivity index (χ3n) is 5.35. The lowest BCUT2D eigenvalue weighted by atomic mass is 9.97. The van der Waals surface area contributed by atoms with Crippen LogP contribution in [0.2, 0.25) is 15.1 Å². The number of rotatable bonds is 8. The van der Waals surface area contributed by atoms with Crippen LogP contribution in [0.3, 0.4) is 0 Å². The molecule has 0 unspecified atom stereocenters. The molecule has 4 nitrogen and oxygen atoms in total. The number of carbonyl (C=O) groups is 1. The number of nitrogens with two attached hydrogens (primary N) is 1. The molecule has 172 valence electrons. The summed E-state index contributed by atoms with van der Waals surface area (Å²) >= 11 is 18.5. The van der Waals surface area contributed by atoms with Crippen LogP contribution >= 0.6 is 34.8 Å². The predicted octanol–water partition coefficient (Wildman–Crippen LogP) is 7.17. The highest BCUT2D eigenvalue weighted by Crippen LogP contribution is 2.31. The number of primary amides is 1. The van der Waals surface area contributed by atoms with Gasteiger partial charge in [0.25, 0.3) is 5.91 Å². The van der Waals surface area contributed by atoms with Gasteiger partial charge in [0, 0.05) is 20.6 Å². The van der Waals surface area contributed by atoms with E-state index >= 15 is 0 Å². The molecule has 4 rings (SSSR count). The molecular formula is C27H21Cl3N2O2. The molecule has 0 aliphatic heterocycles. The monoisotopic (exact) mass is 510 g/mol. The van der Waals surface area contributed by atoms with Crippen LogP contribution in [0.4, 0.5) is 0 Å². The molecule has 0 saturated carbocycles. The molecule has 1 heterocycles. The minimum atomic E-state index is -0.613. The van der Waals surface area contributed by atoms with Gasteiger partial charge < -0.3 is 10.5 Å². The van der Waals surface area contributed by atoms with E-state index in [4.69, 9.17) is 50.3 Å². The number of ether oxygens (including phenoxy) is 1. The number of amides is 1. The van der Waals surface area contributed by atoms with Crippen molar-refractivity contribution in [2.24, 2.45) is 5.73 Å². The van der Waals surface area contributed by atoms with Crippen LogP contribution < -0.4 is 10.5 Å². The van der Waals surface area contributed by atoms with E-state index in [2.05, 4.69) is 0 Å². The summed E-state index contributed by atoms with van der Waals surface area (Å²) in [6.07, 6.45) is 1.18. The summed E-state index contributed by atoms with van der Waals surface area (Å²) in [5, 5.41) is 1.79. The fraction of sp³-hybridized carbons (Fsp3) is 0.111. The number of halogens is 3. The Morgan fingerprint density at radius 1 is 0.853 bits per heavy atom. The molecule has 1 aromatic heterocycles. The van der Waals surface area contributed by atoms with Crippen molar-refractivity contribution in [2.45, 2.75) is 19.4 Å². The normalized spacial score (nSPS) is 10.8. The zero-order valence-corrected chi connectivity index (χ0v) is 20.4. The van der Waals surface area contributed by atoms with Gasteiger partial charge in [0.15, 0.2) is 0 Å². The second kappa shape index (κ2) is 10.9. The number of aryl methyl sites for hydroxylation is 2. The number of nitrogens with zero attached hydrogens (tertiary/aromatic N) is 1. The zero-order valence-electron chi connectivity index (χ0n) is 18.1. The maximum absolute atomic E-state index is 12.3. The summed E-state index contributed by atoms with van der Waals surface area (Å²) in [4.78, 5) is 17.0. The van der Waals surface area contributed by atoms with Crippen molar-refractivity contribution < 1.29 is 9.53 Å². The van der Waals surface area contributed by atoms with Gasteiger partial charge in [0.1, 0.15) is 12.2 Å². The van der Waals surface area contributed by atoms with Crippen LogP contribution in [0, 0.1) is 0 Å². The Morgan fingerprint density at radius 2 is 1.56 bits per heavy atom. The molecule has 0 aliphatic carbocycles. The lowest BCUT2D eigenvalue weighted by Gasteiger charge is -2.16. The standard InChI is InChI=1S/C27H21Cl3N2O2/c28-20-10-6-18(7-11-20)22-15-23(26(31)33)27(34-16-17-4-2-1-3-5-17)32-25(22)13-9-19-8-12-21(29)14-24(19)30/h1-8,10-12,14-15H,9,13,16H2,(H2,31,33). The first kappa shape index (κ1) is 24.1. The van der Waals surface area contributed by atoms with E-state index < -0.39 is 5.91 Å². The molecule has 3 aromatic carbocycles. The predicted molar refractivity (Wildman–Crippen MR) is 138 cm³/mol. The summed E-state index contributed by atoms with van der Waals surface area (Å²) in [7, 11) is 0. The van der Waals surface area contributed by atoms with Crippen LogP contribution in [-0.4, -0.2) is 10.9 Å². The molecule has 0 atom stereocenters. The van der Waals surface area contributed by atoms with Gasteiger partial charge in [0.05, 0.1) is 5.69 Å². The van der Waals surface area contributed by atoms with Gasteiger partial charge in [-0.25, -0.2) is 4.98 Å². The highest BCUT2D eigenvalue weighted by Gasteiger charge is 2.19. The first-order valence-electron chi connectivity index (χ1n) is 10.6. The van der Waals surface area contributed by atoms with Crippen molar-refractivity contribution in [3.05, 3.63) is 116 Å². The van der Waals surface area contributed by atoms with Gasteiger partial charge in [-0.1, -0.05) is 83.3 Å². The quantitative estimate of drug-likeness (QED) is 0.273. The molecule has 34 heavy (non-hydrogen) atoms. The van der Waals surface area contributed by atoms with Crippen molar-refractivity contribution in [2.75, 3.05) is 0 Å². The summed E-state index contributed by atoms with van der Waals surface area (Å²) in [5.41, 5.74) is 10.2. The number of carbonyl (C=O) groups excluding carboxylic acids is 1. The van der Waals surface area contributed by atoms with Gasteiger partial charge in [-0.2, -0.15) is 0 Å². The van der Waals surface area contributed by atoms with Crippen LogP contribution in [-0.2, 0) is 19.4 Å². The Labute approximate surface area is 213 Å². The molecule has 0 aliphatic rings. The number of benzene rings is 3. The van der Waals surface area contributed by atoms with E-state index in [1.165, 1.54) is 0 Å². The highest BCUT2D eigenvalue weighted by atomic mass is 35.5. The Morgan fingerprint density at radius 3 is 2.24 bits per heavy atom. The minimum absolute atomic E-state index is 0.200. The van der Waals surface area contributed by atoms with E-state index in [0.29, 0.717) is 27.9 Å². The number of aromatic nitrogens is 1. The van der Waals surface area contributed by atoms with Crippen LogP contribution in [0.15, 0.2) is 78.9 Å². The minimum Gasteiger partial charge on any atom is -0.472 e. The molecule has 0 fully saturated rings. The third kappa shape index (κ3) is 5.89. The van der Waals surface area contributed by atoms with E-state index in [1.807, 2.05) is 48.5 Å². The van der Waals surface area contributed by atoms with Crippen molar-refractivity contribution >= 4 is 40.7 Å². The van der Waals surface area contributed by atoms with Crippen molar-refractivity contribution in [1.29, 1.82) is 0 Å². The molecule has 0 radical (unpaired) electrons. The Kier molecular flexibility index (Phi) is 7.73.